The lowest BCUT2D eigenvalue weighted by Crippen LogP contribution is -2.37. The van der Waals surface area contributed by atoms with Crippen LogP contribution < -0.4 is 9.80 Å². The average Bonchev–Trinajstić information content (AvgIpc) is 3.07. The zero-order chi connectivity index (χ0) is 23.4. The maximum Gasteiger partial charge on any atom is 0.337 e. The van der Waals surface area contributed by atoms with Crippen molar-refractivity contribution in [2.24, 2.45) is 0 Å². The molecule has 0 spiro atoms. The minimum Gasteiger partial charge on any atom is -0.469 e. The fourth-order valence-corrected chi connectivity index (χ4v) is 3.28. The largest absolute Gasteiger partial charge is 0.469 e. The van der Waals surface area contributed by atoms with Crippen LogP contribution in [0.25, 0.3) is 0 Å². The summed E-state index contributed by atoms with van der Waals surface area (Å²) >= 11 is 0. The predicted molar refractivity (Wildman–Crippen MR) is 111 cm³/mol. The van der Waals surface area contributed by atoms with Crippen molar-refractivity contribution in [1.82, 2.24) is 0 Å². The Bertz CT molecular complexity index is 1060. The van der Waals surface area contributed by atoms with E-state index in [2.05, 4.69) is 14.2 Å². The molecule has 1 aliphatic rings. The van der Waals surface area contributed by atoms with Gasteiger partial charge in [0.1, 0.15) is 6.04 Å². The van der Waals surface area contributed by atoms with Gasteiger partial charge in [-0.2, -0.15) is 0 Å². The molecule has 1 saturated heterocycles. The van der Waals surface area contributed by atoms with E-state index in [4.69, 9.17) is 0 Å². The van der Waals surface area contributed by atoms with Crippen molar-refractivity contribution in [3.05, 3.63) is 59.7 Å². The van der Waals surface area contributed by atoms with E-state index in [1.165, 1.54) is 69.9 Å². The van der Waals surface area contributed by atoms with E-state index in [0.29, 0.717) is 5.69 Å². The van der Waals surface area contributed by atoms with Gasteiger partial charge in [0.15, 0.2) is 0 Å². The van der Waals surface area contributed by atoms with Crippen LogP contribution in [0, 0.1) is 0 Å². The van der Waals surface area contributed by atoms with Gasteiger partial charge in [-0.1, -0.05) is 0 Å². The van der Waals surface area contributed by atoms with Gasteiger partial charge in [-0.25, -0.2) is 19.3 Å². The topological polar surface area (TPSA) is 120 Å². The van der Waals surface area contributed by atoms with Crippen molar-refractivity contribution >= 4 is 41.2 Å². The van der Waals surface area contributed by atoms with E-state index in [9.17, 15) is 24.0 Å². The minimum atomic E-state index is -1.15. The predicted octanol–water partition coefficient (Wildman–Crippen LogP) is 2.16. The standard InChI is InChI=1S/C22H20N2O8/c1-30-18(25)12-17-19(26)24(16-10-6-14(7-11-16)21(28)32-3)22(29)23(17)15-8-4-13(5-9-15)20(27)31-2/h4-11,17H,12H2,1-3H3. The molecule has 3 rings (SSSR count). The van der Waals surface area contributed by atoms with Gasteiger partial charge in [0.25, 0.3) is 5.91 Å². The van der Waals surface area contributed by atoms with Gasteiger partial charge < -0.3 is 14.2 Å². The van der Waals surface area contributed by atoms with Crippen LogP contribution in [-0.4, -0.2) is 57.2 Å². The molecule has 166 valence electrons. The molecule has 1 fully saturated rings. The fraction of sp³-hybridized carbons (Fsp3) is 0.227. The monoisotopic (exact) mass is 440 g/mol. The van der Waals surface area contributed by atoms with Gasteiger partial charge >= 0.3 is 23.9 Å². The Morgan fingerprint density at radius 3 is 1.66 bits per heavy atom. The molecular formula is C22H20N2O8. The lowest BCUT2D eigenvalue weighted by atomic mass is 10.1. The van der Waals surface area contributed by atoms with Crippen molar-refractivity contribution in [3.63, 3.8) is 0 Å². The third kappa shape index (κ3) is 4.15. The number of benzene rings is 2. The van der Waals surface area contributed by atoms with Crippen molar-refractivity contribution in [2.75, 3.05) is 31.1 Å². The SMILES string of the molecule is COC(=O)CC1C(=O)N(c2ccc(C(=O)OC)cc2)C(=O)N1c1ccc(C(=O)OC)cc1. The molecule has 0 aliphatic carbocycles. The summed E-state index contributed by atoms with van der Waals surface area (Å²) in [5.74, 6) is -2.43. The number of urea groups is 1. The van der Waals surface area contributed by atoms with Crippen molar-refractivity contribution in [3.8, 4) is 0 Å². The van der Waals surface area contributed by atoms with Crippen LogP contribution in [0.2, 0.25) is 0 Å². The van der Waals surface area contributed by atoms with Gasteiger partial charge in [0.2, 0.25) is 0 Å². The molecule has 2 aromatic carbocycles. The molecule has 0 saturated carbocycles. The van der Waals surface area contributed by atoms with E-state index in [1.54, 1.807) is 0 Å². The summed E-state index contributed by atoms with van der Waals surface area (Å²) in [6.45, 7) is 0. The third-order valence-electron chi connectivity index (χ3n) is 4.92. The molecule has 1 atom stereocenters. The van der Waals surface area contributed by atoms with E-state index < -0.39 is 35.9 Å². The molecule has 10 nitrogen and oxygen atoms in total. The van der Waals surface area contributed by atoms with E-state index in [1.807, 2.05) is 0 Å². The van der Waals surface area contributed by atoms with Crippen LogP contribution >= 0.6 is 0 Å². The van der Waals surface area contributed by atoms with Gasteiger partial charge in [0.05, 0.1) is 44.6 Å². The maximum absolute atomic E-state index is 13.2. The lowest BCUT2D eigenvalue weighted by molar-refractivity contribution is -0.142. The number of imide groups is 1. The Hall–Kier alpha value is -4.21. The summed E-state index contributed by atoms with van der Waals surface area (Å²) in [4.78, 5) is 63.7. The molecule has 0 radical (unpaired) electrons. The van der Waals surface area contributed by atoms with Crippen molar-refractivity contribution < 1.29 is 38.2 Å². The number of nitrogens with zero attached hydrogens (tertiary/aromatic N) is 2. The number of rotatable bonds is 6. The molecule has 0 aromatic heterocycles. The first-order chi connectivity index (χ1) is 15.3. The number of hydrogen-bond donors (Lipinski definition) is 0. The number of hydrogen-bond acceptors (Lipinski definition) is 8. The molecule has 0 N–H and O–H groups in total. The Morgan fingerprint density at radius 1 is 0.750 bits per heavy atom. The van der Waals surface area contributed by atoms with Crippen LogP contribution in [0.1, 0.15) is 27.1 Å². The van der Waals surface area contributed by atoms with Gasteiger partial charge in [-0.3, -0.25) is 14.5 Å². The first-order valence-corrected chi connectivity index (χ1v) is 9.43. The molecule has 0 bridgehead atoms. The van der Waals surface area contributed by atoms with Crippen molar-refractivity contribution in [1.29, 1.82) is 0 Å². The number of amides is 3. The number of ether oxygens (including phenoxy) is 3. The molecule has 2 aromatic rings. The Morgan fingerprint density at radius 2 is 1.22 bits per heavy atom. The number of methoxy groups -OCH3 is 3. The summed E-state index contributed by atoms with van der Waals surface area (Å²) < 4.78 is 14.0. The highest BCUT2D eigenvalue weighted by atomic mass is 16.5. The van der Waals surface area contributed by atoms with Crippen molar-refractivity contribution in [2.45, 2.75) is 12.5 Å². The Labute approximate surface area is 183 Å². The van der Waals surface area contributed by atoms with Gasteiger partial charge in [-0.15, -0.1) is 0 Å². The van der Waals surface area contributed by atoms with Crippen LogP contribution in [-0.2, 0) is 23.8 Å². The van der Waals surface area contributed by atoms with E-state index >= 15 is 0 Å². The average molecular weight is 440 g/mol. The molecule has 1 aliphatic heterocycles. The van der Waals surface area contributed by atoms with Crippen LogP contribution in [0.5, 0.6) is 0 Å². The zero-order valence-corrected chi connectivity index (χ0v) is 17.6. The lowest BCUT2D eigenvalue weighted by Gasteiger charge is -2.21. The summed E-state index contributed by atoms with van der Waals surface area (Å²) in [6.07, 6.45) is -0.365. The van der Waals surface area contributed by atoms with E-state index in [0.717, 1.165) is 9.80 Å². The molecule has 1 unspecified atom stereocenters. The maximum atomic E-state index is 13.2. The smallest absolute Gasteiger partial charge is 0.337 e. The number of anilines is 2. The highest BCUT2D eigenvalue weighted by Crippen LogP contribution is 2.32. The van der Waals surface area contributed by atoms with Crippen LogP contribution in [0.15, 0.2) is 48.5 Å². The third-order valence-corrected chi connectivity index (χ3v) is 4.92. The quantitative estimate of drug-likeness (QED) is 0.381. The van der Waals surface area contributed by atoms with Gasteiger partial charge in [-0.05, 0) is 48.5 Å². The fourth-order valence-electron chi connectivity index (χ4n) is 3.28. The second-order valence-corrected chi connectivity index (χ2v) is 6.70. The van der Waals surface area contributed by atoms with Crippen LogP contribution in [0.4, 0.5) is 16.2 Å². The molecule has 32 heavy (non-hydrogen) atoms. The molecular weight excluding hydrogens is 420 g/mol. The highest BCUT2D eigenvalue weighted by molar-refractivity contribution is 6.29. The van der Waals surface area contributed by atoms with Crippen LogP contribution in [0.3, 0.4) is 0 Å². The summed E-state index contributed by atoms with van der Waals surface area (Å²) in [5, 5.41) is 0. The Kier molecular flexibility index (Phi) is 6.53. The summed E-state index contributed by atoms with van der Waals surface area (Å²) in [7, 11) is 3.67. The number of carbonyl (C=O) groups is 5. The normalized spacial score (nSPS) is 15.5. The zero-order valence-electron chi connectivity index (χ0n) is 17.6. The molecule has 10 heteroatoms. The second kappa shape index (κ2) is 9.29. The minimum absolute atomic E-state index is 0.219. The first kappa shape index (κ1) is 22.5. The number of carbonyl (C=O) groups excluding carboxylic acids is 5. The van der Waals surface area contributed by atoms with E-state index in [-0.39, 0.29) is 23.2 Å². The highest BCUT2D eigenvalue weighted by Gasteiger charge is 2.47. The summed E-state index contributed by atoms with van der Waals surface area (Å²) in [6, 6.07) is 9.71. The summed E-state index contributed by atoms with van der Waals surface area (Å²) in [5.41, 5.74) is 1.03. The van der Waals surface area contributed by atoms with Gasteiger partial charge in [0, 0.05) is 5.69 Å². The first-order valence-electron chi connectivity index (χ1n) is 9.43. The second-order valence-electron chi connectivity index (χ2n) is 6.70. The molecule has 3 amide bonds. The number of esters is 3. The Balaban J connectivity index is 1.98. The molecule has 1 heterocycles.